The van der Waals surface area contributed by atoms with Gasteiger partial charge in [-0.15, -0.1) is 0 Å². The number of anilines is 2. The highest BCUT2D eigenvalue weighted by molar-refractivity contribution is 6.04. The van der Waals surface area contributed by atoms with E-state index in [1.54, 1.807) is 42.5 Å². The van der Waals surface area contributed by atoms with Crippen LogP contribution < -0.4 is 15.4 Å². The first-order chi connectivity index (χ1) is 15.9. The average Bonchev–Trinajstić information content (AvgIpc) is 3.21. The number of aromatic nitrogens is 2. The zero-order chi connectivity index (χ0) is 23.4. The predicted octanol–water partition coefficient (Wildman–Crippen LogP) is 5.07. The molecule has 2 aromatic carbocycles. The number of imidazole rings is 1. The lowest BCUT2D eigenvalue weighted by molar-refractivity contribution is -0.118. The number of carbonyl (C=O) groups is 2. The van der Waals surface area contributed by atoms with Crippen molar-refractivity contribution in [1.82, 2.24) is 9.38 Å². The quantitative estimate of drug-likeness (QED) is 0.419. The SMILES string of the molecule is Cc1ccc2nc(COc3cccc(C(=O)Nc4ccc(NC(=O)C(C)C)cc4)c3)cn2c1. The molecule has 0 aliphatic carbocycles. The van der Waals surface area contributed by atoms with E-state index < -0.39 is 0 Å². The highest BCUT2D eigenvalue weighted by Crippen LogP contribution is 2.19. The molecule has 7 heteroatoms. The van der Waals surface area contributed by atoms with E-state index in [1.807, 2.05) is 55.8 Å². The standard InChI is InChI=1S/C26H26N4O3/c1-17(2)25(31)28-20-8-10-21(11-9-20)29-26(32)19-5-4-6-23(13-19)33-16-22-15-30-14-18(3)7-12-24(30)27-22/h4-15,17H,16H2,1-3H3,(H,28,31)(H,29,32). The average molecular weight is 443 g/mol. The van der Waals surface area contributed by atoms with Crippen molar-refractivity contribution in [3.05, 3.63) is 89.9 Å². The Hall–Kier alpha value is -4.13. The molecule has 4 aromatic rings. The molecule has 0 aliphatic rings. The highest BCUT2D eigenvalue weighted by Gasteiger charge is 2.10. The second-order valence-corrected chi connectivity index (χ2v) is 8.20. The van der Waals surface area contributed by atoms with E-state index in [2.05, 4.69) is 15.6 Å². The van der Waals surface area contributed by atoms with Gasteiger partial charge in [-0.2, -0.15) is 0 Å². The van der Waals surface area contributed by atoms with Gasteiger partial charge in [0.2, 0.25) is 5.91 Å². The minimum absolute atomic E-state index is 0.0534. The van der Waals surface area contributed by atoms with Crippen molar-refractivity contribution < 1.29 is 14.3 Å². The Morgan fingerprint density at radius 2 is 1.70 bits per heavy atom. The summed E-state index contributed by atoms with van der Waals surface area (Å²) in [5.74, 6) is 0.184. The zero-order valence-electron chi connectivity index (χ0n) is 18.8. The fourth-order valence-corrected chi connectivity index (χ4v) is 3.24. The number of aryl methyl sites for hydroxylation is 1. The van der Waals surface area contributed by atoms with Gasteiger partial charge in [-0.1, -0.05) is 26.0 Å². The van der Waals surface area contributed by atoms with Crippen molar-refractivity contribution in [3.8, 4) is 5.75 Å². The van der Waals surface area contributed by atoms with Gasteiger partial charge in [0.1, 0.15) is 18.0 Å². The van der Waals surface area contributed by atoms with Crippen LogP contribution in [0.15, 0.2) is 73.1 Å². The first kappa shape index (κ1) is 22.1. The van der Waals surface area contributed by atoms with Gasteiger partial charge in [0, 0.05) is 35.2 Å². The van der Waals surface area contributed by atoms with E-state index in [4.69, 9.17) is 4.74 Å². The van der Waals surface area contributed by atoms with E-state index in [1.165, 1.54) is 0 Å². The summed E-state index contributed by atoms with van der Waals surface area (Å²) in [4.78, 5) is 29.0. The summed E-state index contributed by atoms with van der Waals surface area (Å²) in [6, 6.07) is 18.0. The number of hydrogen-bond donors (Lipinski definition) is 2. The van der Waals surface area contributed by atoms with Crippen molar-refractivity contribution in [3.63, 3.8) is 0 Å². The van der Waals surface area contributed by atoms with Crippen molar-refractivity contribution >= 4 is 28.8 Å². The van der Waals surface area contributed by atoms with E-state index in [-0.39, 0.29) is 17.7 Å². The predicted molar refractivity (Wildman–Crippen MR) is 129 cm³/mol. The molecule has 0 fully saturated rings. The number of ether oxygens (including phenoxy) is 1. The Bertz CT molecular complexity index is 1290. The molecule has 0 saturated carbocycles. The maximum atomic E-state index is 12.7. The molecule has 7 nitrogen and oxygen atoms in total. The normalized spacial score (nSPS) is 10.9. The van der Waals surface area contributed by atoms with Crippen LogP contribution in [0.5, 0.6) is 5.75 Å². The van der Waals surface area contributed by atoms with E-state index in [0.29, 0.717) is 29.3 Å². The van der Waals surface area contributed by atoms with Gasteiger partial charge in [0.25, 0.3) is 5.91 Å². The van der Waals surface area contributed by atoms with Gasteiger partial charge in [0.15, 0.2) is 0 Å². The lowest BCUT2D eigenvalue weighted by Gasteiger charge is -2.10. The summed E-state index contributed by atoms with van der Waals surface area (Å²) >= 11 is 0. The molecule has 0 unspecified atom stereocenters. The highest BCUT2D eigenvalue weighted by atomic mass is 16.5. The number of benzene rings is 2. The van der Waals surface area contributed by atoms with Gasteiger partial charge in [0.05, 0.1) is 5.69 Å². The summed E-state index contributed by atoms with van der Waals surface area (Å²) < 4.78 is 7.84. The van der Waals surface area contributed by atoms with Gasteiger partial charge in [-0.3, -0.25) is 9.59 Å². The van der Waals surface area contributed by atoms with Crippen LogP contribution in [0.1, 0.15) is 35.5 Å². The lowest BCUT2D eigenvalue weighted by atomic mass is 10.2. The van der Waals surface area contributed by atoms with Crippen LogP contribution in [0.25, 0.3) is 5.65 Å². The monoisotopic (exact) mass is 442 g/mol. The van der Waals surface area contributed by atoms with Crippen LogP contribution in [0.4, 0.5) is 11.4 Å². The Morgan fingerprint density at radius 1 is 0.970 bits per heavy atom. The molecule has 0 saturated heterocycles. The van der Waals surface area contributed by atoms with Crippen LogP contribution in [-0.4, -0.2) is 21.2 Å². The third kappa shape index (κ3) is 5.57. The molecule has 0 spiro atoms. The number of nitrogens with zero attached hydrogens (tertiary/aromatic N) is 2. The molecule has 2 amide bonds. The molecule has 0 bridgehead atoms. The molecule has 33 heavy (non-hydrogen) atoms. The maximum Gasteiger partial charge on any atom is 0.255 e. The van der Waals surface area contributed by atoms with Gasteiger partial charge in [-0.25, -0.2) is 4.98 Å². The molecule has 2 N–H and O–H groups in total. The topological polar surface area (TPSA) is 84.7 Å². The van der Waals surface area contributed by atoms with Gasteiger partial charge >= 0.3 is 0 Å². The van der Waals surface area contributed by atoms with E-state index in [0.717, 1.165) is 16.9 Å². The number of nitrogens with one attached hydrogen (secondary N) is 2. The molecule has 0 atom stereocenters. The summed E-state index contributed by atoms with van der Waals surface area (Å²) in [7, 11) is 0. The van der Waals surface area contributed by atoms with Gasteiger partial charge < -0.3 is 19.8 Å². The Kier molecular flexibility index (Phi) is 6.40. The Morgan fingerprint density at radius 3 is 2.42 bits per heavy atom. The van der Waals surface area contributed by atoms with Crippen molar-refractivity contribution in [2.24, 2.45) is 5.92 Å². The Labute approximate surface area is 192 Å². The fourth-order valence-electron chi connectivity index (χ4n) is 3.24. The van der Waals surface area contributed by atoms with Crippen LogP contribution in [-0.2, 0) is 11.4 Å². The second-order valence-electron chi connectivity index (χ2n) is 8.20. The number of carbonyl (C=O) groups excluding carboxylic acids is 2. The molecule has 168 valence electrons. The van der Waals surface area contributed by atoms with Crippen molar-refractivity contribution in [1.29, 1.82) is 0 Å². The summed E-state index contributed by atoms with van der Waals surface area (Å²) in [5, 5.41) is 5.69. The number of pyridine rings is 1. The third-order valence-electron chi connectivity index (χ3n) is 5.07. The second kappa shape index (κ2) is 9.56. The first-order valence-corrected chi connectivity index (χ1v) is 10.8. The molecule has 0 aliphatic heterocycles. The van der Waals surface area contributed by atoms with Crippen molar-refractivity contribution in [2.75, 3.05) is 10.6 Å². The molecular formula is C26H26N4O3. The molecule has 2 aromatic heterocycles. The molecule has 0 radical (unpaired) electrons. The number of hydrogen-bond acceptors (Lipinski definition) is 4. The Balaban J connectivity index is 1.37. The summed E-state index contributed by atoms with van der Waals surface area (Å²) in [6.45, 7) is 6.00. The summed E-state index contributed by atoms with van der Waals surface area (Å²) in [6.07, 6.45) is 3.95. The third-order valence-corrected chi connectivity index (χ3v) is 5.07. The lowest BCUT2D eigenvalue weighted by Crippen LogP contribution is -2.17. The molecular weight excluding hydrogens is 416 g/mol. The van der Waals surface area contributed by atoms with Gasteiger partial charge in [-0.05, 0) is 61.0 Å². The van der Waals surface area contributed by atoms with Crippen LogP contribution in [0, 0.1) is 12.8 Å². The zero-order valence-corrected chi connectivity index (χ0v) is 18.8. The number of amides is 2. The number of rotatable bonds is 7. The smallest absolute Gasteiger partial charge is 0.255 e. The minimum Gasteiger partial charge on any atom is -0.487 e. The first-order valence-electron chi connectivity index (χ1n) is 10.8. The van der Waals surface area contributed by atoms with Crippen LogP contribution in [0.2, 0.25) is 0 Å². The van der Waals surface area contributed by atoms with Crippen LogP contribution >= 0.6 is 0 Å². The minimum atomic E-state index is -0.248. The van der Waals surface area contributed by atoms with Crippen molar-refractivity contribution in [2.45, 2.75) is 27.4 Å². The largest absolute Gasteiger partial charge is 0.487 e. The molecule has 2 heterocycles. The van der Waals surface area contributed by atoms with E-state index in [9.17, 15) is 9.59 Å². The van der Waals surface area contributed by atoms with Crippen LogP contribution in [0.3, 0.4) is 0 Å². The number of fused-ring (bicyclic) bond motifs is 1. The molecule has 4 rings (SSSR count). The maximum absolute atomic E-state index is 12.7. The summed E-state index contributed by atoms with van der Waals surface area (Å²) in [5.41, 5.74) is 4.62. The van der Waals surface area contributed by atoms with E-state index >= 15 is 0 Å². The fraction of sp³-hybridized carbons (Fsp3) is 0.192.